The number of aryl methyl sites for hydroxylation is 1. The van der Waals surface area contributed by atoms with Crippen LogP contribution in [0.5, 0.6) is 0 Å². The molecule has 0 atom stereocenters. The first-order valence-electron chi connectivity index (χ1n) is 9.01. The van der Waals surface area contributed by atoms with E-state index in [4.69, 9.17) is 4.99 Å². The molecule has 3 rings (SSSR count). The van der Waals surface area contributed by atoms with Crippen LogP contribution in [0.4, 0.5) is 5.82 Å². The van der Waals surface area contributed by atoms with E-state index in [2.05, 4.69) is 57.9 Å². The molecule has 1 aliphatic rings. The van der Waals surface area contributed by atoms with E-state index in [1.54, 1.807) is 11.3 Å². The van der Waals surface area contributed by atoms with E-state index in [0.29, 0.717) is 6.54 Å². The summed E-state index contributed by atoms with van der Waals surface area (Å²) in [6, 6.07) is 6.38. The molecular formula is C19H28IN5S. The lowest BCUT2D eigenvalue weighted by atomic mass is 10.2. The van der Waals surface area contributed by atoms with E-state index in [1.165, 1.54) is 28.8 Å². The smallest absolute Gasteiger partial charge is 0.191 e. The zero-order chi connectivity index (χ0) is 17.5. The number of aromatic nitrogens is 1. The van der Waals surface area contributed by atoms with Crippen LogP contribution >= 0.6 is 35.3 Å². The van der Waals surface area contributed by atoms with Crippen molar-refractivity contribution in [2.24, 2.45) is 4.99 Å². The quantitative estimate of drug-likeness (QED) is 0.370. The van der Waals surface area contributed by atoms with Crippen LogP contribution in [-0.4, -0.2) is 30.6 Å². The minimum atomic E-state index is 0. The van der Waals surface area contributed by atoms with Crippen molar-refractivity contribution in [1.29, 1.82) is 0 Å². The number of thiophene rings is 1. The molecule has 1 fully saturated rings. The molecule has 1 saturated heterocycles. The minimum Gasteiger partial charge on any atom is -0.357 e. The molecule has 142 valence electrons. The van der Waals surface area contributed by atoms with Crippen molar-refractivity contribution in [3.63, 3.8) is 0 Å². The highest BCUT2D eigenvalue weighted by Gasteiger charge is 2.13. The number of pyridine rings is 1. The minimum absolute atomic E-state index is 0. The number of hydrogen-bond donors (Lipinski definition) is 2. The summed E-state index contributed by atoms with van der Waals surface area (Å²) in [4.78, 5) is 13.0. The third kappa shape index (κ3) is 5.84. The Labute approximate surface area is 177 Å². The zero-order valence-electron chi connectivity index (χ0n) is 15.5. The number of rotatable bonds is 6. The molecule has 0 radical (unpaired) electrons. The Morgan fingerprint density at radius 1 is 1.27 bits per heavy atom. The van der Waals surface area contributed by atoms with Crippen LogP contribution in [0.15, 0.2) is 34.8 Å². The van der Waals surface area contributed by atoms with Crippen molar-refractivity contribution in [2.45, 2.75) is 39.8 Å². The molecule has 2 N–H and O–H groups in total. The fourth-order valence-electron chi connectivity index (χ4n) is 2.94. The van der Waals surface area contributed by atoms with Crippen LogP contribution in [0, 0.1) is 6.92 Å². The molecule has 0 aromatic carbocycles. The number of anilines is 1. The Bertz CT molecular complexity index is 709. The second-order valence-electron chi connectivity index (χ2n) is 6.29. The standard InChI is InChI=1S/C19H27N5S.HI/c1-3-20-19(23-14-17-15(2)7-11-25-17)22-13-16-6-8-21-18(12-16)24-9-4-5-10-24;/h6-8,11-12H,3-5,9-10,13-14H2,1-2H3,(H2,20,22,23);1H. The summed E-state index contributed by atoms with van der Waals surface area (Å²) < 4.78 is 0. The number of halogens is 1. The maximum Gasteiger partial charge on any atom is 0.191 e. The van der Waals surface area contributed by atoms with Gasteiger partial charge >= 0.3 is 0 Å². The molecule has 3 heterocycles. The molecule has 0 amide bonds. The van der Waals surface area contributed by atoms with Crippen molar-refractivity contribution in [3.8, 4) is 0 Å². The highest BCUT2D eigenvalue weighted by atomic mass is 127. The summed E-state index contributed by atoms with van der Waals surface area (Å²) in [6.45, 7) is 8.78. The summed E-state index contributed by atoms with van der Waals surface area (Å²) in [5.41, 5.74) is 2.53. The van der Waals surface area contributed by atoms with Gasteiger partial charge in [-0.2, -0.15) is 0 Å². The predicted molar refractivity (Wildman–Crippen MR) is 122 cm³/mol. The molecule has 0 saturated carbocycles. The van der Waals surface area contributed by atoms with Crippen LogP contribution in [0.2, 0.25) is 0 Å². The van der Waals surface area contributed by atoms with Gasteiger partial charge in [0, 0.05) is 30.7 Å². The molecule has 2 aromatic rings. The van der Waals surface area contributed by atoms with Crippen molar-refractivity contribution in [3.05, 3.63) is 45.8 Å². The number of nitrogens with zero attached hydrogens (tertiary/aromatic N) is 3. The molecule has 1 aliphatic heterocycles. The lowest BCUT2D eigenvalue weighted by Gasteiger charge is -2.16. The van der Waals surface area contributed by atoms with E-state index in [0.717, 1.165) is 38.0 Å². The molecule has 7 heteroatoms. The van der Waals surface area contributed by atoms with Crippen LogP contribution in [0.3, 0.4) is 0 Å². The lowest BCUT2D eigenvalue weighted by molar-refractivity contribution is 0.820. The Kier molecular flexibility index (Phi) is 8.64. The molecule has 0 bridgehead atoms. The van der Waals surface area contributed by atoms with Crippen LogP contribution in [0.1, 0.15) is 35.8 Å². The first kappa shape index (κ1) is 21.0. The molecule has 2 aromatic heterocycles. The molecule has 0 unspecified atom stereocenters. The van der Waals surface area contributed by atoms with E-state index < -0.39 is 0 Å². The Morgan fingerprint density at radius 3 is 2.77 bits per heavy atom. The van der Waals surface area contributed by atoms with Crippen molar-refractivity contribution in [1.82, 2.24) is 15.6 Å². The zero-order valence-corrected chi connectivity index (χ0v) is 18.6. The van der Waals surface area contributed by atoms with E-state index in [1.807, 2.05) is 6.20 Å². The first-order chi connectivity index (χ1) is 12.3. The van der Waals surface area contributed by atoms with Crippen LogP contribution < -0.4 is 15.5 Å². The lowest BCUT2D eigenvalue weighted by Crippen LogP contribution is -2.36. The third-order valence-electron chi connectivity index (χ3n) is 4.39. The number of aliphatic imine (C=N–C) groups is 1. The van der Waals surface area contributed by atoms with Gasteiger partial charge in [0.1, 0.15) is 5.82 Å². The van der Waals surface area contributed by atoms with E-state index >= 15 is 0 Å². The van der Waals surface area contributed by atoms with Crippen LogP contribution in [-0.2, 0) is 13.1 Å². The Balaban J connectivity index is 0.00000243. The van der Waals surface area contributed by atoms with Gasteiger partial charge in [-0.3, -0.25) is 0 Å². The fourth-order valence-corrected chi connectivity index (χ4v) is 3.79. The first-order valence-corrected chi connectivity index (χ1v) is 9.89. The molecule has 5 nitrogen and oxygen atoms in total. The summed E-state index contributed by atoms with van der Waals surface area (Å²) in [5.74, 6) is 1.94. The number of nitrogens with one attached hydrogen (secondary N) is 2. The van der Waals surface area contributed by atoms with Gasteiger partial charge in [-0.1, -0.05) is 0 Å². The monoisotopic (exact) mass is 485 g/mol. The van der Waals surface area contributed by atoms with Gasteiger partial charge < -0.3 is 15.5 Å². The topological polar surface area (TPSA) is 52.6 Å². The largest absolute Gasteiger partial charge is 0.357 e. The van der Waals surface area contributed by atoms with Gasteiger partial charge in [-0.05, 0) is 61.4 Å². The van der Waals surface area contributed by atoms with Gasteiger partial charge in [0.05, 0.1) is 13.1 Å². The fraction of sp³-hybridized carbons (Fsp3) is 0.474. The normalized spacial score (nSPS) is 14.2. The maximum absolute atomic E-state index is 4.73. The van der Waals surface area contributed by atoms with E-state index in [-0.39, 0.29) is 24.0 Å². The summed E-state index contributed by atoms with van der Waals surface area (Å²) in [7, 11) is 0. The third-order valence-corrected chi connectivity index (χ3v) is 5.41. The van der Waals surface area contributed by atoms with Crippen molar-refractivity contribution >= 4 is 47.1 Å². The van der Waals surface area contributed by atoms with E-state index in [9.17, 15) is 0 Å². The molecular weight excluding hydrogens is 457 g/mol. The van der Waals surface area contributed by atoms with Crippen LogP contribution in [0.25, 0.3) is 0 Å². The van der Waals surface area contributed by atoms with Gasteiger partial charge in [0.25, 0.3) is 0 Å². The highest BCUT2D eigenvalue weighted by Crippen LogP contribution is 2.19. The molecule has 0 spiro atoms. The molecule has 0 aliphatic carbocycles. The maximum atomic E-state index is 4.73. The Morgan fingerprint density at radius 2 is 2.08 bits per heavy atom. The van der Waals surface area contributed by atoms with Gasteiger partial charge in [-0.15, -0.1) is 35.3 Å². The van der Waals surface area contributed by atoms with Gasteiger partial charge in [0.15, 0.2) is 5.96 Å². The summed E-state index contributed by atoms with van der Waals surface area (Å²) >= 11 is 1.78. The van der Waals surface area contributed by atoms with Crippen molar-refractivity contribution in [2.75, 3.05) is 24.5 Å². The van der Waals surface area contributed by atoms with Gasteiger partial charge in [0.2, 0.25) is 0 Å². The summed E-state index contributed by atoms with van der Waals surface area (Å²) in [6.07, 6.45) is 4.43. The average Bonchev–Trinajstić information content (AvgIpc) is 3.29. The van der Waals surface area contributed by atoms with Gasteiger partial charge in [-0.25, -0.2) is 9.98 Å². The average molecular weight is 485 g/mol. The summed E-state index contributed by atoms with van der Waals surface area (Å²) in [5, 5.41) is 8.88. The number of guanidine groups is 1. The SMILES string of the molecule is CCNC(=NCc1ccnc(N2CCCC2)c1)NCc1sccc1C.I. The predicted octanol–water partition coefficient (Wildman–Crippen LogP) is 3.93. The number of hydrogen-bond acceptors (Lipinski definition) is 4. The Hall–Kier alpha value is -1.35. The second kappa shape index (κ2) is 10.7. The highest BCUT2D eigenvalue weighted by molar-refractivity contribution is 14.0. The van der Waals surface area contributed by atoms with Crippen molar-refractivity contribution < 1.29 is 0 Å². The second-order valence-corrected chi connectivity index (χ2v) is 7.29. The molecule has 26 heavy (non-hydrogen) atoms.